The summed E-state index contributed by atoms with van der Waals surface area (Å²) in [4.78, 5) is 0. The van der Waals surface area contributed by atoms with E-state index < -0.39 is 17.6 Å². The molecule has 1 aromatic heterocycles. The van der Waals surface area contributed by atoms with Crippen LogP contribution in [0.1, 0.15) is 37.9 Å². The van der Waals surface area contributed by atoms with Gasteiger partial charge in [0.15, 0.2) is 5.69 Å². The first-order valence-corrected chi connectivity index (χ1v) is 10.6. The van der Waals surface area contributed by atoms with Crippen molar-refractivity contribution in [2.75, 3.05) is 37.1 Å². The molecule has 0 unspecified atom stereocenters. The lowest BCUT2D eigenvalue weighted by atomic mass is 10.1. The van der Waals surface area contributed by atoms with Crippen LogP contribution in [0.25, 0.3) is 5.70 Å². The summed E-state index contributed by atoms with van der Waals surface area (Å²) in [6, 6.07) is 2.75. The first-order valence-electron chi connectivity index (χ1n) is 9.38. The van der Waals surface area contributed by atoms with Gasteiger partial charge in [-0.1, -0.05) is 18.9 Å². The Hall–Kier alpha value is -2.31. The van der Waals surface area contributed by atoms with E-state index in [1.54, 1.807) is 0 Å². The second-order valence-electron chi connectivity index (χ2n) is 6.17. The zero-order valence-corrected chi connectivity index (χ0v) is 18.5. The molecule has 0 aliphatic heterocycles. The first-order chi connectivity index (χ1) is 14.8. The maximum Gasteiger partial charge on any atom is 0.419 e. The highest BCUT2D eigenvalue weighted by Gasteiger charge is 2.34. The summed E-state index contributed by atoms with van der Waals surface area (Å²) in [5.74, 6) is -0.951. The number of nitrogens with zero attached hydrogens (tertiary/aromatic N) is 2. The molecule has 0 spiro atoms. The molecule has 2 rings (SSSR count). The Labute approximate surface area is 182 Å². The molecule has 0 amide bonds. The third-order valence-electron chi connectivity index (χ3n) is 4.12. The molecule has 1 aromatic carbocycles. The minimum absolute atomic E-state index is 0.0830. The fourth-order valence-electron chi connectivity index (χ4n) is 2.45. The number of aliphatic hydroxyl groups excluding tert-OH is 1. The van der Waals surface area contributed by atoms with Gasteiger partial charge in [-0.2, -0.15) is 13.2 Å². The standard InChI is InChI=1S/C18H23F4N5OS.CH4O/c1-4-11(2)15(16-17(27-28-26-16)23-8-5-9-24-29-3)25-12-6-7-14(19)13(10-12)18(20,21)22;1-2/h6-7,10,24-25H,4-5,8-9H2,1-3H3,(H,23,27);2H,1H3/b15-11+;. The first kappa shape index (κ1) is 26.7. The van der Waals surface area contributed by atoms with E-state index in [2.05, 4.69) is 25.7 Å². The third-order valence-corrected chi connectivity index (χ3v) is 4.61. The van der Waals surface area contributed by atoms with Crippen LogP contribution in [0.4, 0.5) is 29.1 Å². The third kappa shape index (κ3) is 8.04. The Balaban J connectivity index is 0.00000233. The number of alkyl halides is 3. The van der Waals surface area contributed by atoms with Crippen LogP contribution < -0.4 is 15.4 Å². The Kier molecular flexibility index (Phi) is 11.4. The van der Waals surface area contributed by atoms with Gasteiger partial charge in [0.2, 0.25) is 5.82 Å². The van der Waals surface area contributed by atoms with Gasteiger partial charge in [-0.3, -0.25) is 4.72 Å². The summed E-state index contributed by atoms with van der Waals surface area (Å²) >= 11 is 1.52. The normalized spacial score (nSPS) is 12.0. The zero-order chi connectivity index (χ0) is 23.4. The predicted octanol–water partition coefficient (Wildman–Crippen LogP) is 4.76. The van der Waals surface area contributed by atoms with E-state index >= 15 is 0 Å². The molecular formula is C19H27F4N5O2S. The summed E-state index contributed by atoms with van der Waals surface area (Å²) in [7, 11) is 1.00. The van der Waals surface area contributed by atoms with E-state index in [0.29, 0.717) is 30.2 Å². The van der Waals surface area contributed by atoms with Crippen LogP contribution in [0.2, 0.25) is 0 Å². The van der Waals surface area contributed by atoms with Gasteiger partial charge in [-0.25, -0.2) is 9.02 Å². The molecule has 0 bridgehead atoms. The molecule has 174 valence electrons. The van der Waals surface area contributed by atoms with Gasteiger partial charge in [0, 0.05) is 25.9 Å². The summed E-state index contributed by atoms with van der Waals surface area (Å²) < 4.78 is 60.6. The van der Waals surface area contributed by atoms with Crippen molar-refractivity contribution in [1.29, 1.82) is 0 Å². The average Bonchev–Trinajstić information content (AvgIpc) is 3.21. The summed E-state index contributed by atoms with van der Waals surface area (Å²) in [5.41, 5.74) is 0.373. The van der Waals surface area contributed by atoms with E-state index in [1.165, 1.54) is 18.0 Å². The van der Waals surface area contributed by atoms with E-state index in [0.717, 1.165) is 37.8 Å². The van der Waals surface area contributed by atoms with Crippen molar-refractivity contribution in [1.82, 2.24) is 15.0 Å². The largest absolute Gasteiger partial charge is 0.419 e. The molecule has 12 heteroatoms. The lowest BCUT2D eigenvalue weighted by molar-refractivity contribution is -0.139. The van der Waals surface area contributed by atoms with Crippen molar-refractivity contribution in [2.45, 2.75) is 32.9 Å². The average molecular weight is 466 g/mol. The van der Waals surface area contributed by atoms with E-state index in [1.807, 2.05) is 20.1 Å². The number of aromatic nitrogens is 2. The van der Waals surface area contributed by atoms with E-state index in [9.17, 15) is 17.6 Å². The molecule has 1 heterocycles. The Morgan fingerprint density at radius 3 is 2.52 bits per heavy atom. The number of aliphatic hydroxyl groups is 1. The van der Waals surface area contributed by atoms with Crippen LogP contribution in [-0.4, -0.2) is 41.9 Å². The van der Waals surface area contributed by atoms with Crippen molar-refractivity contribution >= 4 is 29.2 Å². The lowest BCUT2D eigenvalue weighted by Crippen LogP contribution is -2.13. The van der Waals surface area contributed by atoms with E-state index in [4.69, 9.17) is 9.74 Å². The highest BCUT2D eigenvalue weighted by atomic mass is 32.2. The molecular weight excluding hydrogens is 438 g/mol. The van der Waals surface area contributed by atoms with Crippen molar-refractivity contribution in [3.05, 3.63) is 40.8 Å². The van der Waals surface area contributed by atoms with Gasteiger partial charge >= 0.3 is 6.18 Å². The topological polar surface area (TPSA) is 95.2 Å². The van der Waals surface area contributed by atoms with E-state index in [-0.39, 0.29) is 5.69 Å². The number of halogens is 4. The number of hydrogen-bond acceptors (Lipinski definition) is 8. The zero-order valence-electron chi connectivity index (χ0n) is 17.7. The SMILES string of the molecule is CC/C(C)=C(/Nc1ccc(F)c(C(F)(F)F)c1)c1nonc1NCCCNSC.CO. The molecule has 0 saturated carbocycles. The van der Waals surface area contributed by atoms with Gasteiger partial charge in [0.05, 0.1) is 11.3 Å². The van der Waals surface area contributed by atoms with Crippen molar-refractivity contribution in [3.8, 4) is 0 Å². The summed E-state index contributed by atoms with van der Waals surface area (Å²) in [6.07, 6.45) is -1.43. The molecule has 0 aliphatic carbocycles. The van der Waals surface area contributed by atoms with Crippen LogP contribution in [0.5, 0.6) is 0 Å². The Morgan fingerprint density at radius 1 is 1.19 bits per heavy atom. The van der Waals surface area contributed by atoms with Crippen LogP contribution >= 0.6 is 11.9 Å². The minimum atomic E-state index is -4.79. The molecule has 0 fully saturated rings. The summed E-state index contributed by atoms with van der Waals surface area (Å²) in [6.45, 7) is 5.11. The molecule has 0 atom stereocenters. The number of rotatable bonds is 10. The monoisotopic (exact) mass is 465 g/mol. The lowest BCUT2D eigenvalue weighted by Gasteiger charge is -2.15. The second kappa shape index (κ2) is 13.2. The van der Waals surface area contributed by atoms with Gasteiger partial charge in [-0.05, 0) is 60.1 Å². The fourth-order valence-corrected chi connectivity index (χ4v) is 2.80. The maximum absolute atomic E-state index is 13.6. The predicted molar refractivity (Wildman–Crippen MR) is 115 cm³/mol. The highest BCUT2D eigenvalue weighted by Crippen LogP contribution is 2.34. The van der Waals surface area contributed by atoms with Crippen LogP contribution in [0.15, 0.2) is 28.4 Å². The Morgan fingerprint density at radius 2 is 1.90 bits per heavy atom. The molecule has 31 heavy (non-hydrogen) atoms. The summed E-state index contributed by atoms with van der Waals surface area (Å²) in [5, 5.41) is 20.8. The smallest absolute Gasteiger partial charge is 0.400 e. The van der Waals surface area contributed by atoms with Gasteiger partial charge in [0.1, 0.15) is 5.82 Å². The number of nitrogens with one attached hydrogen (secondary N) is 3. The minimum Gasteiger partial charge on any atom is -0.400 e. The van der Waals surface area contributed by atoms with Crippen molar-refractivity contribution < 1.29 is 27.3 Å². The molecule has 0 aliphatic rings. The van der Waals surface area contributed by atoms with Crippen LogP contribution in [0, 0.1) is 5.82 Å². The molecule has 4 N–H and O–H groups in total. The number of anilines is 2. The molecule has 7 nitrogen and oxygen atoms in total. The van der Waals surface area contributed by atoms with Gasteiger partial charge in [0.25, 0.3) is 0 Å². The molecule has 0 saturated heterocycles. The molecule has 2 aromatic rings. The second-order valence-corrected chi connectivity index (χ2v) is 6.86. The van der Waals surface area contributed by atoms with Crippen molar-refractivity contribution in [2.24, 2.45) is 0 Å². The maximum atomic E-state index is 13.6. The van der Waals surface area contributed by atoms with Crippen molar-refractivity contribution in [3.63, 3.8) is 0 Å². The molecule has 0 radical (unpaired) electrons. The highest BCUT2D eigenvalue weighted by molar-refractivity contribution is 7.96. The number of allylic oxidation sites excluding steroid dienone is 1. The van der Waals surface area contributed by atoms with Gasteiger partial charge in [-0.15, -0.1) is 0 Å². The number of hydrogen-bond donors (Lipinski definition) is 4. The fraction of sp³-hybridized carbons (Fsp3) is 0.474. The quantitative estimate of drug-likeness (QED) is 0.227. The van der Waals surface area contributed by atoms with Crippen LogP contribution in [-0.2, 0) is 6.18 Å². The van der Waals surface area contributed by atoms with Gasteiger partial charge < -0.3 is 15.7 Å². The Bertz CT molecular complexity index is 843. The number of benzene rings is 1. The van der Waals surface area contributed by atoms with Crippen LogP contribution in [0.3, 0.4) is 0 Å².